The fraction of sp³-hybridized carbons (Fsp3) is 0.615. The average Bonchev–Trinajstić information content (AvgIpc) is 2.92. The van der Waals surface area contributed by atoms with Gasteiger partial charge in [0.2, 0.25) is 11.8 Å². The fourth-order valence-corrected chi connectivity index (χ4v) is 2.54. The molecule has 0 spiro atoms. The molecule has 0 bridgehead atoms. The number of methoxy groups -OCH3 is 1. The van der Waals surface area contributed by atoms with Crippen molar-refractivity contribution in [1.82, 2.24) is 20.2 Å². The lowest BCUT2D eigenvalue weighted by Crippen LogP contribution is -2.40. The number of hydrogen-bond acceptors (Lipinski definition) is 6. The second kappa shape index (κ2) is 6.51. The Morgan fingerprint density at radius 2 is 2.45 bits per heavy atom. The zero-order valence-corrected chi connectivity index (χ0v) is 11.9. The number of nitrogen functional groups attached to an aromatic ring is 1. The predicted octanol–water partition coefficient (Wildman–Crippen LogP) is 0.282. The van der Waals surface area contributed by atoms with Crippen molar-refractivity contribution >= 4 is 11.9 Å². The number of nitrogens with zero attached hydrogens (tertiary/aromatic N) is 3. The van der Waals surface area contributed by atoms with Gasteiger partial charge in [0.25, 0.3) is 5.91 Å². The van der Waals surface area contributed by atoms with Crippen molar-refractivity contribution in [2.75, 3.05) is 32.5 Å². The highest BCUT2D eigenvalue weighted by Gasteiger charge is 2.24. The molecule has 0 saturated carbocycles. The van der Waals surface area contributed by atoms with Crippen LogP contribution >= 0.6 is 0 Å². The van der Waals surface area contributed by atoms with Crippen molar-refractivity contribution in [1.29, 1.82) is 0 Å². The van der Waals surface area contributed by atoms with Crippen molar-refractivity contribution in [3.8, 4) is 5.88 Å². The minimum Gasteiger partial charge on any atom is -0.480 e. The molecule has 20 heavy (non-hydrogen) atoms. The number of nitrogens with one attached hydrogen (secondary N) is 1. The first-order chi connectivity index (χ1) is 9.65. The van der Waals surface area contributed by atoms with E-state index in [1.807, 2.05) is 0 Å². The minimum absolute atomic E-state index is 0.0892. The van der Waals surface area contributed by atoms with Crippen LogP contribution in [0.4, 0.5) is 5.95 Å². The van der Waals surface area contributed by atoms with Crippen LogP contribution in [0, 0.1) is 0 Å². The maximum absolute atomic E-state index is 12.2. The van der Waals surface area contributed by atoms with E-state index in [9.17, 15) is 4.79 Å². The summed E-state index contributed by atoms with van der Waals surface area (Å²) in [6.45, 7) is 4.87. The molecule has 1 aromatic heterocycles. The number of rotatable bonds is 5. The Labute approximate surface area is 118 Å². The minimum atomic E-state index is -0.232. The molecule has 7 nitrogen and oxygen atoms in total. The van der Waals surface area contributed by atoms with Crippen molar-refractivity contribution in [3.05, 3.63) is 11.8 Å². The van der Waals surface area contributed by atoms with E-state index in [-0.39, 0.29) is 17.7 Å². The van der Waals surface area contributed by atoms with Crippen molar-refractivity contribution in [2.24, 2.45) is 0 Å². The van der Waals surface area contributed by atoms with Gasteiger partial charge < -0.3 is 15.8 Å². The number of carbonyl (C=O) groups is 1. The lowest BCUT2D eigenvalue weighted by atomic mass is 10.2. The predicted molar refractivity (Wildman–Crippen MR) is 75.6 cm³/mol. The van der Waals surface area contributed by atoms with Crippen LogP contribution in [0.1, 0.15) is 30.1 Å². The van der Waals surface area contributed by atoms with E-state index in [1.54, 1.807) is 0 Å². The van der Waals surface area contributed by atoms with Crippen molar-refractivity contribution < 1.29 is 9.53 Å². The number of aromatic nitrogens is 2. The van der Waals surface area contributed by atoms with Gasteiger partial charge in [0.15, 0.2) is 0 Å². The maximum Gasteiger partial charge on any atom is 0.258 e. The molecule has 0 aliphatic carbocycles. The van der Waals surface area contributed by atoms with Crippen LogP contribution < -0.4 is 15.8 Å². The normalized spacial score (nSPS) is 19.0. The number of carbonyl (C=O) groups excluding carboxylic acids is 1. The van der Waals surface area contributed by atoms with Gasteiger partial charge in [-0.2, -0.15) is 4.98 Å². The third kappa shape index (κ3) is 3.16. The molecule has 1 fully saturated rings. The fourth-order valence-electron chi connectivity index (χ4n) is 2.54. The number of nitrogens with two attached hydrogens (primary N) is 1. The van der Waals surface area contributed by atoms with Gasteiger partial charge in [0, 0.05) is 18.8 Å². The molecule has 1 saturated heterocycles. The van der Waals surface area contributed by atoms with Gasteiger partial charge in [-0.1, -0.05) is 6.92 Å². The van der Waals surface area contributed by atoms with Gasteiger partial charge >= 0.3 is 0 Å². The maximum atomic E-state index is 12.2. The topological polar surface area (TPSA) is 93.4 Å². The highest BCUT2D eigenvalue weighted by Crippen LogP contribution is 2.17. The first-order valence-corrected chi connectivity index (χ1v) is 6.84. The third-order valence-corrected chi connectivity index (χ3v) is 3.61. The summed E-state index contributed by atoms with van der Waals surface area (Å²) in [5, 5.41) is 2.92. The van der Waals surface area contributed by atoms with Crippen LogP contribution in [0.15, 0.2) is 6.20 Å². The molecule has 2 rings (SSSR count). The van der Waals surface area contributed by atoms with Crippen LogP contribution in [-0.4, -0.2) is 53.6 Å². The standard InChI is InChI=1S/C13H21N5O2/c1-3-18-6-4-5-9(18)7-15-11(19)10-8-16-13(14)17-12(10)20-2/h8-9H,3-7H2,1-2H3,(H,15,19)(H2,14,16,17)/t9-/m0/s1. The largest absolute Gasteiger partial charge is 0.480 e. The quantitative estimate of drug-likeness (QED) is 0.804. The smallest absolute Gasteiger partial charge is 0.258 e. The van der Waals surface area contributed by atoms with Crippen molar-refractivity contribution in [3.63, 3.8) is 0 Å². The van der Waals surface area contributed by atoms with Gasteiger partial charge in [-0.3, -0.25) is 9.69 Å². The summed E-state index contributed by atoms with van der Waals surface area (Å²) >= 11 is 0. The van der Waals surface area contributed by atoms with E-state index in [0.717, 1.165) is 19.5 Å². The number of ether oxygens (including phenoxy) is 1. The zero-order valence-electron chi connectivity index (χ0n) is 11.9. The van der Waals surface area contributed by atoms with Gasteiger partial charge in [-0.25, -0.2) is 4.98 Å². The molecule has 0 radical (unpaired) electrons. The Kier molecular flexibility index (Phi) is 4.73. The van der Waals surface area contributed by atoms with Crippen LogP contribution in [0.5, 0.6) is 5.88 Å². The molecule has 1 amide bonds. The molecular weight excluding hydrogens is 258 g/mol. The van der Waals surface area contributed by atoms with Crippen molar-refractivity contribution in [2.45, 2.75) is 25.8 Å². The molecule has 0 unspecified atom stereocenters. The molecule has 1 aliphatic rings. The van der Waals surface area contributed by atoms with Crippen LogP contribution in [0.2, 0.25) is 0 Å². The van der Waals surface area contributed by atoms with E-state index in [4.69, 9.17) is 10.5 Å². The summed E-state index contributed by atoms with van der Waals surface area (Å²) in [4.78, 5) is 22.3. The summed E-state index contributed by atoms with van der Waals surface area (Å²) in [6, 6.07) is 0.407. The molecule has 110 valence electrons. The van der Waals surface area contributed by atoms with Gasteiger partial charge in [0.05, 0.1) is 7.11 Å². The van der Waals surface area contributed by atoms with Crippen LogP contribution in [0.3, 0.4) is 0 Å². The second-order valence-corrected chi connectivity index (χ2v) is 4.79. The molecule has 2 heterocycles. The number of likely N-dealkylation sites (tertiary alicyclic amines) is 1. The number of likely N-dealkylation sites (N-methyl/N-ethyl adjacent to an activating group) is 1. The molecule has 7 heteroatoms. The van der Waals surface area contributed by atoms with Crippen LogP contribution in [0.25, 0.3) is 0 Å². The van der Waals surface area contributed by atoms with Gasteiger partial charge in [-0.05, 0) is 25.9 Å². The van der Waals surface area contributed by atoms with Gasteiger partial charge in [0.1, 0.15) is 5.56 Å². The summed E-state index contributed by atoms with van der Waals surface area (Å²) in [6.07, 6.45) is 3.69. The monoisotopic (exact) mass is 279 g/mol. The number of hydrogen-bond donors (Lipinski definition) is 2. The molecule has 3 N–H and O–H groups in total. The Balaban J connectivity index is 1.98. The lowest BCUT2D eigenvalue weighted by Gasteiger charge is -2.22. The molecule has 1 atom stereocenters. The number of amides is 1. The highest BCUT2D eigenvalue weighted by atomic mass is 16.5. The highest BCUT2D eigenvalue weighted by molar-refractivity contribution is 5.96. The van der Waals surface area contributed by atoms with E-state index in [0.29, 0.717) is 18.2 Å². The molecule has 1 aliphatic heterocycles. The molecule has 1 aromatic rings. The molecular formula is C13H21N5O2. The zero-order chi connectivity index (χ0) is 14.5. The summed E-state index contributed by atoms with van der Waals surface area (Å²) in [5.41, 5.74) is 5.78. The van der Waals surface area contributed by atoms with E-state index >= 15 is 0 Å². The molecule has 0 aromatic carbocycles. The number of anilines is 1. The first-order valence-electron chi connectivity index (χ1n) is 6.84. The summed E-state index contributed by atoms with van der Waals surface area (Å²) in [7, 11) is 1.45. The van der Waals surface area contributed by atoms with E-state index in [1.165, 1.54) is 19.7 Å². The second-order valence-electron chi connectivity index (χ2n) is 4.79. The Morgan fingerprint density at radius 1 is 1.65 bits per heavy atom. The van der Waals surface area contributed by atoms with E-state index < -0.39 is 0 Å². The Bertz CT molecular complexity index is 480. The summed E-state index contributed by atoms with van der Waals surface area (Å²) < 4.78 is 5.06. The van der Waals surface area contributed by atoms with Crippen LogP contribution in [-0.2, 0) is 0 Å². The van der Waals surface area contributed by atoms with E-state index in [2.05, 4.69) is 27.1 Å². The SMILES string of the molecule is CCN1CCC[C@H]1CNC(=O)c1cnc(N)nc1OC. The van der Waals surface area contributed by atoms with Gasteiger partial charge in [-0.15, -0.1) is 0 Å². The third-order valence-electron chi connectivity index (χ3n) is 3.61. The Hall–Kier alpha value is -1.89. The average molecular weight is 279 g/mol. The first kappa shape index (κ1) is 14.5. The Morgan fingerprint density at radius 3 is 3.15 bits per heavy atom. The lowest BCUT2D eigenvalue weighted by molar-refractivity contribution is 0.0937. The summed E-state index contributed by atoms with van der Waals surface area (Å²) in [5.74, 6) is 0.0601.